The first-order chi connectivity index (χ1) is 7.61. The highest BCUT2D eigenvalue weighted by atomic mass is 19.1. The van der Waals surface area contributed by atoms with Gasteiger partial charge in [-0.15, -0.1) is 0 Å². The number of hydrogen-bond acceptors (Lipinski definition) is 3. The van der Waals surface area contributed by atoms with Crippen molar-refractivity contribution >= 4 is 12.2 Å². The molecule has 0 aliphatic heterocycles. The van der Waals surface area contributed by atoms with Crippen LogP contribution in [0.1, 0.15) is 5.56 Å². The quantitative estimate of drug-likeness (QED) is 0.598. The van der Waals surface area contributed by atoms with Gasteiger partial charge < -0.3 is 10.8 Å². The van der Waals surface area contributed by atoms with Crippen LogP contribution in [0.15, 0.2) is 46.8 Å². The van der Waals surface area contributed by atoms with Gasteiger partial charge in [-0.25, -0.2) is 9.18 Å². The Labute approximate surface area is 91.9 Å². The number of carboxylic acid groups (broad SMARTS) is 1. The average Bonchev–Trinajstić information content (AvgIpc) is 2.29. The number of nitrogens with zero attached hydrogens (tertiary/aromatic N) is 1. The lowest BCUT2D eigenvalue weighted by Gasteiger charge is -1.95. The minimum Gasteiger partial charge on any atom is -0.477 e. The Morgan fingerprint density at radius 2 is 2.06 bits per heavy atom. The van der Waals surface area contributed by atoms with Gasteiger partial charge in [0, 0.05) is 0 Å². The van der Waals surface area contributed by atoms with E-state index in [0.717, 1.165) is 11.8 Å². The van der Waals surface area contributed by atoms with Crippen LogP contribution in [-0.4, -0.2) is 17.3 Å². The normalized spacial score (nSPS) is 12.6. The summed E-state index contributed by atoms with van der Waals surface area (Å²) in [5.74, 6) is -2.54. The Balaban J connectivity index is 2.63. The number of nitrogens with two attached hydrogens (primary N) is 1. The lowest BCUT2D eigenvalue weighted by atomic mass is 10.2. The fourth-order valence-corrected chi connectivity index (χ4v) is 0.986. The first-order valence-corrected chi connectivity index (χ1v) is 4.53. The predicted molar refractivity (Wildman–Crippen MR) is 58.6 cm³/mol. The molecule has 84 valence electrons. The van der Waals surface area contributed by atoms with Crippen LogP contribution in [0.5, 0.6) is 0 Å². The van der Waals surface area contributed by atoms with Crippen molar-refractivity contribution in [1.29, 1.82) is 0 Å². The van der Waals surface area contributed by atoms with E-state index < -0.39 is 17.5 Å². The summed E-state index contributed by atoms with van der Waals surface area (Å²) in [7, 11) is 0. The van der Waals surface area contributed by atoms with Crippen molar-refractivity contribution in [3.8, 4) is 0 Å². The van der Waals surface area contributed by atoms with Crippen molar-refractivity contribution in [1.82, 2.24) is 0 Å². The molecule has 0 radical (unpaired) electrons. The number of aliphatic imine (C=N–C) groups is 1. The van der Waals surface area contributed by atoms with Gasteiger partial charge in [-0.3, -0.25) is 4.99 Å². The Bertz CT molecular complexity index is 427. The van der Waals surface area contributed by atoms with Crippen molar-refractivity contribution in [2.75, 3.05) is 0 Å². The SMILES string of the molecule is N/C(C(=O)O)=C(/F)C=NCc1ccccc1. The molecule has 0 aromatic heterocycles. The molecule has 0 aliphatic rings. The summed E-state index contributed by atoms with van der Waals surface area (Å²) >= 11 is 0. The summed E-state index contributed by atoms with van der Waals surface area (Å²) in [6.07, 6.45) is 0.816. The molecule has 0 bridgehead atoms. The summed E-state index contributed by atoms with van der Waals surface area (Å²) in [5.41, 5.74) is 5.02. The maximum absolute atomic E-state index is 13.0. The summed E-state index contributed by atoms with van der Waals surface area (Å²) in [6.45, 7) is 0.279. The Hall–Kier alpha value is -2.17. The molecule has 16 heavy (non-hydrogen) atoms. The van der Waals surface area contributed by atoms with Crippen molar-refractivity contribution in [3.05, 3.63) is 47.4 Å². The number of aliphatic carboxylic acids is 1. The molecule has 0 heterocycles. The monoisotopic (exact) mass is 222 g/mol. The maximum atomic E-state index is 13.0. The third-order valence-electron chi connectivity index (χ3n) is 1.81. The lowest BCUT2D eigenvalue weighted by molar-refractivity contribution is -0.132. The van der Waals surface area contributed by atoms with Crippen LogP contribution in [0.4, 0.5) is 4.39 Å². The van der Waals surface area contributed by atoms with Crippen LogP contribution in [0.25, 0.3) is 0 Å². The van der Waals surface area contributed by atoms with Gasteiger partial charge in [-0.05, 0) is 5.56 Å². The van der Waals surface area contributed by atoms with Crippen LogP contribution in [0, 0.1) is 0 Å². The smallest absolute Gasteiger partial charge is 0.354 e. The topological polar surface area (TPSA) is 75.7 Å². The van der Waals surface area contributed by atoms with E-state index in [9.17, 15) is 9.18 Å². The molecule has 3 N–H and O–H groups in total. The summed E-state index contributed by atoms with van der Waals surface area (Å²) in [6, 6.07) is 9.19. The minimum absolute atomic E-state index is 0.279. The van der Waals surface area contributed by atoms with Gasteiger partial charge in [0.2, 0.25) is 0 Å². The number of hydrogen-bond donors (Lipinski definition) is 2. The second-order valence-corrected chi connectivity index (χ2v) is 3.02. The number of rotatable bonds is 4. The Morgan fingerprint density at radius 3 is 2.62 bits per heavy atom. The fraction of sp³-hybridized carbons (Fsp3) is 0.0909. The molecule has 0 spiro atoms. The van der Waals surface area contributed by atoms with E-state index in [0.29, 0.717) is 0 Å². The van der Waals surface area contributed by atoms with E-state index >= 15 is 0 Å². The van der Waals surface area contributed by atoms with E-state index in [1.165, 1.54) is 0 Å². The first kappa shape index (κ1) is 11.9. The minimum atomic E-state index is -1.50. The van der Waals surface area contributed by atoms with Gasteiger partial charge >= 0.3 is 5.97 Å². The van der Waals surface area contributed by atoms with Crippen molar-refractivity contribution in [3.63, 3.8) is 0 Å². The first-order valence-electron chi connectivity index (χ1n) is 4.53. The van der Waals surface area contributed by atoms with Crippen LogP contribution < -0.4 is 5.73 Å². The number of carbonyl (C=O) groups is 1. The molecular formula is C11H11FN2O2. The molecule has 1 rings (SSSR count). The number of carboxylic acids is 1. The zero-order valence-electron chi connectivity index (χ0n) is 8.43. The fourth-order valence-electron chi connectivity index (χ4n) is 0.986. The molecule has 5 heteroatoms. The third-order valence-corrected chi connectivity index (χ3v) is 1.81. The second-order valence-electron chi connectivity index (χ2n) is 3.02. The number of benzene rings is 1. The highest BCUT2D eigenvalue weighted by Crippen LogP contribution is 2.02. The molecule has 1 aromatic carbocycles. The van der Waals surface area contributed by atoms with Crippen LogP contribution >= 0.6 is 0 Å². The van der Waals surface area contributed by atoms with Gasteiger partial charge in [-0.2, -0.15) is 0 Å². The van der Waals surface area contributed by atoms with E-state index in [1.54, 1.807) is 0 Å². The van der Waals surface area contributed by atoms with Crippen LogP contribution in [0.3, 0.4) is 0 Å². The largest absolute Gasteiger partial charge is 0.477 e. The van der Waals surface area contributed by atoms with Crippen LogP contribution in [-0.2, 0) is 11.3 Å². The second kappa shape index (κ2) is 5.65. The van der Waals surface area contributed by atoms with E-state index in [1.807, 2.05) is 30.3 Å². The third kappa shape index (κ3) is 3.53. The Kier molecular flexibility index (Phi) is 4.20. The van der Waals surface area contributed by atoms with Crippen molar-refractivity contribution < 1.29 is 14.3 Å². The molecule has 0 fully saturated rings. The van der Waals surface area contributed by atoms with Gasteiger partial charge in [0.05, 0.1) is 12.8 Å². The molecule has 0 saturated carbocycles. The molecule has 0 atom stereocenters. The van der Waals surface area contributed by atoms with Crippen LogP contribution in [0.2, 0.25) is 0 Å². The molecule has 0 saturated heterocycles. The Morgan fingerprint density at radius 1 is 1.44 bits per heavy atom. The van der Waals surface area contributed by atoms with E-state index in [4.69, 9.17) is 10.8 Å². The lowest BCUT2D eigenvalue weighted by Crippen LogP contribution is -2.12. The summed E-state index contributed by atoms with van der Waals surface area (Å²) < 4.78 is 13.0. The molecule has 0 aliphatic carbocycles. The highest BCUT2D eigenvalue weighted by Gasteiger charge is 2.07. The average molecular weight is 222 g/mol. The van der Waals surface area contributed by atoms with Gasteiger partial charge in [0.1, 0.15) is 0 Å². The highest BCUT2D eigenvalue weighted by molar-refractivity contribution is 5.93. The summed E-state index contributed by atoms with van der Waals surface area (Å²) in [4.78, 5) is 14.0. The standard InChI is InChI=1S/C11H11FN2O2/c12-9(10(13)11(15)16)7-14-6-8-4-2-1-3-5-8/h1-5,7H,6,13H2,(H,15,16)/b10-9+,14-7?. The molecular weight excluding hydrogens is 211 g/mol. The van der Waals surface area contributed by atoms with Gasteiger partial charge in [0.25, 0.3) is 0 Å². The zero-order chi connectivity index (χ0) is 12.0. The zero-order valence-corrected chi connectivity index (χ0v) is 8.43. The van der Waals surface area contributed by atoms with Crippen molar-refractivity contribution in [2.24, 2.45) is 10.7 Å². The molecule has 0 unspecified atom stereocenters. The van der Waals surface area contributed by atoms with Gasteiger partial charge in [0.15, 0.2) is 11.5 Å². The van der Waals surface area contributed by atoms with E-state index in [-0.39, 0.29) is 6.54 Å². The number of halogens is 1. The molecule has 1 aromatic rings. The summed E-state index contributed by atoms with van der Waals surface area (Å²) in [5, 5.41) is 8.38. The van der Waals surface area contributed by atoms with E-state index in [2.05, 4.69) is 4.99 Å². The molecule has 0 amide bonds. The molecule has 4 nitrogen and oxygen atoms in total. The van der Waals surface area contributed by atoms with Crippen molar-refractivity contribution in [2.45, 2.75) is 6.54 Å². The predicted octanol–water partition coefficient (Wildman–Crippen LogP) is 1.48. The number of allylic oxidation sites excluding steroid dienone is 1. The van der Waals surface area contributed by atoms with Gasteiger partial charge in [-0.1, -0.05) is 30.3 Å². The maximum Gasteiger partial charge on any atom is 0.354 e.